The molecule has 0 radical (unpaired) electrons. The van der Waals surface area contributed by atoms with Crippen LogP contribution in [0.2, 0.25) is 0 Å². The number of hydrogen-bond acceptors (Lipinski definition) is 7. The summed E-state index contributed by atoms with van der Waals surface area (Å²) in [5, 5.41) is 1.87. The van der Waals surface area contributed by atoms with Crippen molar-refractivity contribution < 1.29 is 14.3 Å². The Hall–Kier alpha value is -2.32. The third-order valence-corrected chi connectivity index (χ3v) is 5.13. The monoisotopic (exact) mass is 361 g/mol. The third-order valence-electron chi connectivity index (χ3n) is 3.72. The fourth-order valence-electron chi connectivity index (χ4n) is 2.38. The van der Waals surface area contributed by atoms with Crippen LogP contribution >= 0.6 is 22.7 Å². The number of rotatable bonds is 4. The normalized spacial score (nSPS) is 12.1. The molecule has 1 unspecified atom stereocenters. The lowest BCUT2D eigenvalue weighted by atomic mass is 10.1. The third kappa shape index (κ3) is 3.29. The van der Waals surface area contributed by atoms with Crippen LogP contribution in [0.15, 0.2) is 34.6 Å². The van der Waals surface area contributed by atoms with E-state index >= 15 is 0 Å². The van der Waals surface area contributed by atoms with Crippen molar-refractivity contribution in [1.29, 1.82) is 0 Å². The molecular weight excluding hydrogens is 346 g/mol. The van der Waals surface area contributed by atoms with E-state index in [2.05, 4.69) is 14.7 Å². The fraction of sp³-hybridized carbons (Fsp3) is 0.250. The van der Waals surface area contributed by atoms with E-state index in [1.807, 2.05) is 30.5 Å². The molecule has 8 heteroatoms. The number of fused-ring (bicyclic) bond motifs is 1. The first-order valence-electron chi connectivity index (χ1n) is 7.19. The number of esters is 1. The molecule has 2 aromatic heterocycles. The van der Waals surface area contributed by atoms with Crippen molar-refractivity contribution in [3.8, 4) is 0 Å². The molecule has 3 rings (SSSR count). The van der Waals surface area contributed by atoms with E-state index in [-0.39, 0.29) is 12.6 Å². The van der Waals surface area contributed by atoms with E-state index in [4.69, 9.17) is 0 Å². The van der Waals surface area contributed by atoms with Gasteiger partial charge in [0.1, 0.15) is 0 Å². The molecule has 0 bridgehead atoms. The van der Waals surface area contributed by atoms with Crippen molar-refractivity contribution in [1.82, 2.24) is 14.9 Å². The Kier molecular flexibility index (Phi) is 4.86. The van der Waals surface area contributed by atoms with Gasteiger partial charge in [-0.3, -0.25) is 4.79 Å². The van der Waals surface area contributed by atoms with E-state index < -0.39 is 11.9 Å². The summed E-state index contributed by atoms with van der Waals surface area (Å²) >= 11 is 3.01. The van der Waals surface area contributed by atoms with Crippen LogP contribution in [0.3, 0.4) is 0 Å². The Balaban J connectivity index is 1.91. The summed E-state index contributed by atoms with van der Waals surface area (Å²) in [5.74, 6) is -1.57. The molecule has 0 fully saturated rings. The van der Waals surface area contributed by atoms with Gasteiger partial charge in [-0.05, 0) is 24.6 Å². The van der Waals surface area contributed by atoms with Gasteiger partial charge in [0.15, 0.2) is 0 Å². The topological polar surface area (TPSA) is 72.4 Å². The molecule has 124 valence electrons. The molecule has 6 nitrogen and oxygen atoms in total. The van der Waals surface area contributed by atoms with Crippen molar-refractivity contribution in [3.63, 3.8) is 0 Å². The molecule has 2 heterocycles. The SMILES string of the molecule is COC(=O)C(=O)N(Cc1ccc2scnc2c1)C(C)c1cscn1. The minimum atomic E-state index is -0.883. The summed E-state index contributed by atoms with van der Waals surface area (Å²) in [6, 6.07) is 5.49. The average Bonchev–Trinajstić information content (AvgIpc) is 3.28. The Morgan fingerprint density at radius 3 is 2.83 bits per heavy atom. The van der Waals surface area contributed by atoms with Gasteiger partial charge in [-0.15, -0.1) is 22.7 Å². The van der Waals surface area contributed by atoms with Gasteiger partial charge in [-0.1, -0.05) is 6.07 Å². The van der Waals surface area contributed by atoms with Crippen molar-refractivity contribution >= 4 is 44.8 Å². The molecule has 0 aliphatic carbocycles. The summed E-state index contributed by atoms with van der Waals surface area (Å²) < 4.78 is 5.68. The summed E-state index contributed by atoms with van der Waals surface area (Å²) in [6.45, 7) is 2.12. The zero-order chi connectivity index (χ0) is 17.1. The Bertz CT molecular complexity index is 860. The Labute approximate surface area is 146 Å². The lowest BCUT2D eigenvalue weighted by Crippen LogP contribution is -2.38. The molecule has 0 aliphatic rings. The van der Waals surface area contributed by atoms with Crippen LogP contribution in [-0.2, 0) is 20.9 Å². The molecule has 3 aromatic rings. The standard InChI is InChI=1S/C16H15N3O3S2/c1-10(13-7-23-8-17-13)19(15(20)16(21)22-2)6-11-3-4-14-12(5-11)18-9-24-14/h3-5,7-10H,6H2,1-2H3. The molecule has 1 aromatic carbocycles. The number of thiazole rings is 2. The number of ether oxygens (including phenoxy) is 1. The maximum Gasteiger partial charge on any atom is 0.396 e. The number of benzene rings is 1. The van der Waals surface area contributed by atoms with Gasteiger partial charge in [-0.25, -0.2) is 14.8 Å². The predicted molar refractivity (Wildman–Crippen MR) is 92.7 cm³/mol. The minimum absolute atomic E-state index is 0.278. The number of carbonyl (C=O) groups is 2. The van der Waals surface area contributed by atoms with Crippen LogP contribution in [0.5, 0.6) is 0 Å². The zero-order valence-electron chi connectivity index (χ0n) is 13.1. The highest BCUT2D eigenvalue weighted by atomic mass is 32.1. The van der Waals surface area contributed by atoms with Gasteiger partial charge in [0.2, 0.25) is 0 Å². The zero-order valence-corrected chi connectivity index (χ0v) is 14.8. The number of nitrogens with zero attached hydrogens (tertiary/aromatic N) is 3. The highest BCUT2D eigenvalue weighted by Gasteiger charge is 2.29. The van der Waals surface area contributed by atoms with Crippen LogP contribution in [0.25, 0.3) is 10.2 Å². The van der Waals surface area contributed by atoms with Crippen LogP contribution < -0.4 is 0 Å². The molecule has 0 N–H and O–H groups in total. The van der Waals surface area contributed by atoms with Gasteiger partial charge in [0.05, 0.1) is 40.1 Å². The molecule has 1 amide bonds. The van der Waals surface area contributed by atoms with Gasteiger partial charge in [0.25, 0.3) is 0 Å². The Morgan fingerprint density at radius 2 is 2.12 bits per heavy atom. The number of methoxy groups -OCH3 is 1. The lowest BCUT2D eigenvalue weighted by molar-refractivity contribution is -0.159. The first kappa shape index (κ1) is 16.5. The van der Waals surface area contributed by atoms with E-state index in [1.165, 1.54) is 23.3 Å². The predicted octanol–water partition coefficient (Wildman–Crippen LogP) is 3.02. The van der Waals surface area contributed by atoms with E-state index in [1.54, 1.807) is 22.4 Å². The summed E-state index contributed by atoms with van der Waals surface area (Å²) in [5.41, 5.74) is 6.00. The average molecular weight is 361 g/mol. The van der Waals surface area contributed by atoms with Gasteiger partial charge >= 0.3 is 11.9 Å². The van der Waals surface area contributed by atoms with E-state index in [0.29, 0.717) is 0 Å². The first-order chi connectivity index (χ1) is 11.6. The molecule has 24 heavy (non-hydrogen) atoms. The van der Waals surface area contributed by atoms with Crippen LogP contribution in [0.1, 0.15) is 24.2 Å². The molecule has 0 saturated carbocycles. The number of amides is 1. The quantitative estimate of drug-likeness (QED) is 0.528. The number of hydrogen-bond donors (Lipinski definition) is 0. The largest absolute Gasteiger partial charge is 0.462 e. The summed E-state index contributed by atoms with van der Waals surface area (Å²) in [6.07, 6.45) is 0. The molecule has 0 aliphatic heterocycles. The Morgan fingerprint density at radius 1 is 1.29 bits per heavy atom. The second kappa shape index (κ2) is 7.06. The van der Waals surface area contributed by atoms with Crippen molar-refractivity contribution in [3.05, 3.63) is 45.9 Å². The van der Waals surface area contributed by atoms with E-state index in [9.17, 15) is 9.59 Å². The highest BCUT2D eigenvalue weighted by molar-refractivity contribution is 7.16. The minimum Gasteiger partial charge on any atom is -0.462 e. The van der Waals surface area contributed by atoms with Crippen molar-refractivity contribution in [2.24, 2.45) is 0 Å². The maximum atomic E-state index is 12.4. The van der Waals surface area contributed by atoms with Crippen LogP contribution in [0.4, 0.5) is 0 Å². The summed E-state index contributed by atoms with van der Waals surface area (Å²) in [4.78, 5) is 34.2. The maximum absolute atomic E-state index is 12.4. The van der Waals surface area contributed by atoms with Gasteiger partial charge in [-0.2, -0.15) is 0 Å². The van der Waals surface area contributed by atoms with Crippen molar-refractivity contribution in [2.75, 3.05) is 7.11 Å². The lowest BCUT2D eigenvalue weighted by Gasteiger charge is -2.27. The molecule has 1 atom stereocenters. The number of carbonyl (C=O) groups excluding carboxylic acids is 2. The second-order valence-electron chi connectivity index (χ2n) is 5.17. The van der Waals surface area contributed by atoms with Gasteiger partial charge in [0, 0.05) is 11.9 Å². The van der Waals surface area contributed by atoms with Crippen molar-refractivity contribution in [2.45, 2.75) is 19.5 Å². The molecule has 0 spiro atoms. The highest BCUT2D eigenvalue weighted by Crippen LogP contribution is 2.25. The summed E-state index contributed by atoms with van der Waals surface area (Å²) in [7, 11) is 1.20. The first-order valence-corrected chi connectivity index (χ1v) is 9.01. The second-order valence-corrected chi connectivity index (χ2v) is 6.77. The van der Waals surface area contributed by atoms with Gasteiger partial charge < -0.3 is 9.64 Å². The van der Waals surface area contributed by atoms with E-state index in [0.717, 1.165) is 21.5 Å². The molecule has 0 saturated heterocycles. The fourth-order valence-corrected chi connectivity index (χ4v) is 3.67. The number of aromatic nitrogens is 2. The van der Waals surface area contributed by atoms with Crippen LogP contribution in [-0.4, -0.2) is 33.9 Å². The molecular formula is C16H15N3O3S2. The smallest absolute Gasteiger partial charge is 0.396 e. The van der Waals surface area contributed by atoms with Crippen LogP contribution in [0, 0.1) is 0 Å².